The second-order valence-corrected chi connectivity index (χ2v) is 4.90. The predicted molar refractivity (Wildman–Crippen MR) is 64.2 cm³/mol. The van der Waals surface area contributed by atoms with Crippen molar-refractivity contribution in [3.8, 4) is 0 Å². The molecule has 0 aromatic carbocycles. The molecular weight excluding hydrogens is 256 g/mol. The molecule has 0 amide bonds. The van der Waals surface area contributed by atoms with Crippen LogP contribution >= 0.6 is 0 Å². The zero-order valence-electron chi connectivity index (χ0n) is 10.9. The van der Waals surface area contributed by atoms with E-state index in [0.717, 1.165) is 52.9 Å². The smallest absolute Gasteiger partial charge is 0.104 e. The SMILES string of the molecule is C(OCC1CO1)C1CO1.C(OCC1CO1)C1CO1.O. The molecule has 0 bridgehead atoms. The van der Waals surface area contributed by atoms with Gasteiger partial charge in [-0.25, -0.2) is 0 Å². The van der Waals surface area contributed by atoms with E-state index in [9.17, 15) is 0 Å². The van der Waals surface area contributed by atoms with Gasteiger partial charge in [-0.05, 0) is 0 Å². The van der Waals surface area contributed by atoms with Crippen LogP contribution in [0.4, 0.5) is 0 Å². The fourth-order valence-corrected chi connectivity index (χ4v) is 1.32. The highest BCUT2D eigenvalue weighted by atomic mass is 16.6. The van der Waals surface area contributed by atoms with Crippen LogP contribution in [0.25, 0.3) is 0 Å². The molecular formula is C12H22O7. The summed E-state index contributed by atoms with van der Waals surface area (Å²) in [6, 6.07) is 0. The van der Waals surface area contributed by atoms with E-state index in [1.54, 1.807) is 0 Å². The van der Waals surface area contributed by atoms with Gasteiger partial charge in [0.1, 0.15) is 24.4 Å². The Labute approximate surface area is 112 Å². The van der Waals surface area contributed by atoms with Crippen molar-refractivity contribution in [1.29, 1.82) is 0 Å². The molecule has 19 heavy (non-hydrogen) atoms. The van der Waals surface area contributed by atoms with E-state index in [4.69, 9.17) is 28.4 Å². The lowest BCUT2D eigenvalue weighted by Crippen LogP contribution is -2.06. The molecule has 4 unspecified atom stereocenters. The van der Waals surface area contributed by atoms with Crippen LogP contribution in [0.15, 0.2) is 0 Å². The minimum Gasteiger partial charge on any atom is -0.412 e. The minimum absolute atomic E-state index is 0. The average Bonchev–Trinajstić information content (AvgIpc) is 3.21. The lowest BCUT2D eigenvalue weighted by Gasteiger charge is -1.95. The van der Waals surface area contributed by atoms with Gasteiger partial charge in [0.15, 0.2) is 0 Å². The van der Waals surface area contributed by atoms with E-state index in [-0.39, 0.29) is 5.48 Å². The van der Waals surface area contributed by atoms with Gasteiger partial charge < -0.3 is 33.9 Å². The second-order valence-electron chi connectivity index (χ2n) is 4.90. The van der Waals surface area contributed by atoms with Gasteiger partial charge in [-0.15, -0.1) is 0 Å². The molecule has 0 aromatic heterocycles. The van der Waals surface area contributed by atoms with Gasteiger partial charge in [0, 0.05) is 0 Å². The average molecular weight is 278 g/mol. The highest BCUT2D eigenvalue weighted by molar-refractivity contribution is 4.71. The van der Waals surface area contributed by atoms with Crippen LogP contribution in [0.3, 0.4) is 0 Å². The molecule has 112 valence electrons. The van der Waals surface area contributed by atoms with Crippen LogP contribution in [0, 0.1) is 0 Å². The quantitative estimate of drug-likeness (QED) is 0.516. The van der Waals surface area contributed by atoms with E-state index < -0.39 is 0 Å². The number of hydrogen-bond acceptors (Lipinski definition) is 6. The summed E-state index contributed by atoms with van der Waals surface area (Å²) in [6.45, 7) is 6.52. The van der Waals surface area contributed by atoms with Crippen molar-refractivity contribution >= 4 is 0 Å². The molecule has 0 saturated carbocycles. The van der Waals surface area contributed by atoms with Crippen molar-refractivity contribution in [3.05, 3.63) is 0 Å². The van der Waals surface area contributed by atoms with Crippen LogP contribution in [-0.4, -0.2) is 82.7 Å². The van der Waals surface area contributed by atoms with Crippen LogP contribution in [0.1, 0.15) is 0 Å². The third-order valence-electron chi connectivity index (χ3n) is 2.82. The molecule has 0 aliphatic carbocycles. The molecule has 7 heteroatoms. The van der Waals surface area contributed by atoms with Gasteiger partial charge in [-0.2, -0.15) is 0 Å². The monoisotopic (exact) mass is 278 g/mol. The third-order valence-corrected chi connectivity index (χ3v) is 2.82. The normalized spacial score (nSPS) is 36.6. The number of ether oxygens (including phenoxy) is 6. The minimum atomic E-state index is 0. The first-order chi connectivity index (χ1) is 8.90. The maximum Gasteiger partial charge on any atom is 0.104 e. The van der Waals surface area contributed by atoms with Gasteiger partial charge >= 0.3 is 0 Å². The van der Waals surface area contributed by atoms with Crippen LogP contribution in [0.5, 0.6) is 0 Å². The largest absolute Gasteiger partial charge is 0.412 e. The highest BCUT2D eigenvalue weighted by Gasteiger charge is 2.27. The topological polar surface area (TPSA) is 100 Å². The lowest BCUT2D eigenvalue weighted by molar-refractivity contribution is 0.102. The molecule has 0 radical (unpaired) electrons. The molecule has 0 spiro atoms. The highest BCUT2D eigenvalue weighted by Crippen LogP contribution is 2.13. The van der Waals surface area contributed by atoms with E-state index in [0.29, 0.717) is 24.4 Å². The third kappa shape index (κ3) is 7.78. The molecule has 4 aliphatic heterocycles. The molecule has 2 N–H and O–H groups in total. The van der Waals surface area contributed by atoms with Gasteiger partial charge in [-0.1, -0.05) is 0 Å². The van der Waals surface area contributed by atoms with Crippen molar-refractivity contribution in [3.63, 3.8) is 0 Å². The molecule has 4 fully saturated rings. The molecule has 4 saturated heterocycles. The Morgan fingerprint density at radius 2 is 0.789 bits per heavy atom. The maximum atomic E-state index is 5.23. The zero-order valence-corrected chi connectivity index (χ0v) is 10.9. The molecule has 0 aromatic rings. The molecule has 7 nitrogen and oxygen atoms in total. The first-order valence-corrected chi connectivity index (χ1v) is 6.52. The number of rotatable bonds is 8. The standard InChI is InChI=1S/2C6H10O3.H2O/c2*1(5-3-8-5)7-2-6-4-9-6;/h2*5-6H,1-4H2;1H2. The summed E-state index contributed by atoms with van der Waals surface area (Å²) in [6.07, 6.45) is 1.57. The van der Waals surface area contributed by atoms with Gasteiger partial charge in [0.05, 0.1) is 52.9 Å². The van der Waals surface area contributed by atoms with Gasteiger partial charge in [0.25, 0.3) is 0 Å². The lowest BCUT2D eigenvalue weighted by atomic mass is 10.5. The zero-order chi connectivity index (χ0) is 12.2. The Bertz CT molecular complexity index is 196. The summed E-state index contributed by atoms with van der Waals surface area (Å²) < 4.78 is 30.2. The predicted octanol–water partition coefficient (Wildman–Crippen LogP) is -1.22. The van der Waals surface area contributed by atoms with E-state index in [1.807, 2.05) is 0 Å². The Balaban J connectivity index is 0.000000133. The van der Waals surface area contributed by atoms with Crippen LogP contribution < -0.4 is 0 Å². The number of epoxide rings is 4. The first kappa shape index (κ1) is 15.1. The summed E-state index contributed by atoms with van der Waals surface area (Å²) in [5.74, 6) is 0. The fraction of sp³-hybridized carbons (Fsp3) is 1.00. The molecule has 4 atom stereocenters. The summed E-state index contributed by atoms with van der Waals surface area (Å²) >= 11 is 0. The summed E-state index contributed by atoms with van der Waals surface area (Å²) in [5.41, 5.74) is 0. The van der Waals surface area contributed by atoms with Crippen LogP contribution in [0.2, 0.25) is 0 Å². The van der Waals surface area contributed by atoms with Crippen LogP contribution in [-0.2, 0) is 28.4 Å². The second kappa shape index (κ2) is 7.49. The molecule has 4 rings (SSSR count). The van der Waals surface area contributed by atoms with Crippen molar-refractivity contribution < 1.29 is 33.9 Å². The fourth-order valence-electron chi connectivity index (χ4n) is 1.32. The van der Waals surface area contributed by atoms with Crippen molar-refractivity contribution in [2.75, 3.05) is 52.9 Å². The van der Waals surface area contributed by atoms with Crippen molar-refractivity contribution in [1.82, 2.24) is 0 Å². The summed E-state index contributed by atoms with van der Waals surface area (Å²) in [7, 11) is 0. The van der Waals surface area contributed by atoms with Crippen molar-refractivity contribution in [2.45, 2.75) is 24.4 Å². The summed E-state index contributed by atoms with van der Waals surface area (Å²) in [4.78, 5) is 0. The van der Waals surface area contributed by atoms with Crippen molar-refractivity contribution in [2.24, 2.45) is 0 Å². The summed E-state index contributed by atoms with van der Waals surface area (Å²) in [5, 5.41) is 0. The van der Waals surface area contributed by atoms with Gasteiger partial charge in [0.2, 0.25) is 0 Å². The maximum absolute atomic E-state index is 5.23. The Morgan fingerprint density at radius 1 is 0.579 bits per heavy atom. The Kier molecular flexibility index (Phi) is 5.96. The first-order valence-electron chi connectivity index (χ1n) is 6.52. The van der Waals surface area contributed by atoms with Gasteiger partial charge in [-0.3, -0.25) is 0 Å². The molecule has 4 heterocycles. The van der Waals surface area contributed by atoms with E-state index >= 15 is 0 Å². The Hall–Kier alpha value is -0.280. The van der Waals surface area contributed by atoms with E-state index in [2.05, 4.69) is 0 Å². The molecule has 4 aliphatic rings. The number of hydrogen-bond donors (Lipinski definition) is 0. The Morgan fingerprint density at radius 3 is 0.947 bits per heavy atom. The van der Waals surface area contributed by atoms with E-state index in [1.165, 1.54) is 0 Å².